The molecule has 0 aromatic heterocycles. The first-order valence-corrected chi connectivity index (χ1v) is 12.9. The second-order valence-corrected chi connectivity index (χ2v) is 11.2. The van der Waals surface area contributed by atoms with Crippen molar-refractivity contribution in [1.82, 2.24) is 4.90 Å². The van der Waals surface area contributed by atoms with Gasteiger partial charge in [0.2, 0.25) is 11.8 Å². The monoisotopic (exact) mass is 504 g/mol. The maximum atomic E-state index is 13.1. The van der Waals surface area contributed by atoms with Crippen LogP contribution in [0.15, 0.2) is 51.8 Å². The molecule has 0 radical (unpaired) electrons. The molecule has 0 saturated heterocycles. The van der Waals surface area contributed by atoms with E-state index in [-0.39, 0.29) is 34.8 Å². The molecule has 164 valence electrons. The topological polar surface area (TPSA) is 74.8 Å². The van der Waals surface area contributed by atoms with Crippen LogP contribution in [-0.2, 0) is 32.4 Å². The number of halogens is 1. The SMILES string of the molecule is CN(Cc1ccccc1)C(=O)CCS(=O)(=O)c1cc2c(cc1Br)CCN2C(=O)C1CC1. The average molecular weight is 505 g/mol. The van der Waals surface area contributed by atoms with Gasteiger partial charge in [-0.1, -0.05) is 30.3 Å². The Balaban J connectivity index is 1.46. The van der Waals surface area contributed by atoms with Crippen molar-refractivity contribution in [2.75, 3.05) is 24.2 Å². The molecule has 4 rings (SSSR count). The Bertz CT molecular complexity index is 1110. The molecular formula is C23H25BrN2O4S. The normalized spacial score (nSPS) is 15.6. The van der Waals surface area contributed by atoms with Crippen molar-refractivity contribution >= 4 is 43.3 Å². The van der Waals surface area contributed by atoms with Crippen molar-refractivity contribution in [1.29, 1.82) is 0 Å². The molecule has 1 fully saturated rings. The van der Waals surface area contributed by atoms with Gasteiger partial charge in [0.15, 0.2) is 9.84 Å². The molecule has 1 aliphatic carbocycles. The number of fused-ring (bicyclic) bond motifs is 1. The lowest BCUT2D eigenvalue weighted by molar-refractivity contribution is -0.130. The van der Waals surface area contributed by atoms with E-state index >= 15 is 0 Å². The van der Waals surface area contributed by atoms with Crippen LogP contribution in [0.4, 0.5) is 5.69 Å². The number of rotatable bonds is 7. The van der Waals surface area contributed by atoms with Crippen LogP contribution in [0.3, 0.4) is 0 Å². The molecule has 2 aliphatic rings. The van der Waals surface area contributed by atoms with Crippen LogP contribution < -0.4 is 4.90 Å². The molecule has 0 unspecified atom stereocenters. The fourth-order valence-electron chi connectivity index (χ4n) is 3.87. The minimum Gasteiger partial charge on any atom is -0.341 e. The first-order chi connectivity index (χ1) is 14.8. The minimum atomic E-state index is -3.70. The fourth-order valence-corrected chi connectivity index (χ4v) is 6.32. The van der Waals surface area contributed by atoms with Crippen LogP contribution in [0.25, 0.3) is 0 Å². The predicted molar refractivity (Wildman–Crippen MR) is 123 cm³/mol. The summed E-state index contributed by atoms with van der Waals surface area (Å²) in [6, 6.07) is 13.0. The summed E-state index contributed by atoms with van der Waals surface area (Å²) >= 11 is 3.39. The number of carbonyl (C=O) groups is 2. The van der Waals surface area contributed by atoms with Gasteiger partial charge in [-0.2, -0.15) is 0 Å². The quantitative estimate of drug-likeness (QED) is 0.577. The highest BCUT2D eigenvalue weighted by Crippen LogP contribution is 2.39. The third kappa shape index (κ3) is 4.85. The van der Waals surface area contributed by atoms with Gasteiger partial charge >= 0.3 is 0 Å². The number of nitrogens with zero attached hydrogens (tertiary/aromatic N) is 2. The summed E-state index contributed by atoms with van der Waals surface area (Å²) < 4.78 is 26.6. The van der Waals surface area contributed by atoms with Gasteiger partial charge < -0.3 is 9.80 Å². The van der Waals surface area contributed by atoms with E-state index in [0.29, 0.717) is 23.2 Å². The summed E-state index contributed by atoms with van der Waals surface area (Å²) in [5.41, 5.74) is 2.65. The standard InChI is InChI=1S/C23H25BrN2O4S/c1-25(15-16-5-3-2-4-6-16)22(27)10-12-31(29,30)21-14-20-18(13-19(21)24)9-11-26(20)23(28)17-7-8-17/h2-6,13-14,17H,7-12,15H2,1H3. The minimum absolute atomic E-state index is 0.0763. The number of sulfone groups is 1. The Morgan fingerprint density at radius 3 is 2.55 bits per heavy atom. The van der Waals surface area contributed by atoms with Crippen molar-refractivity contribution in [2.45, 2.75) is 37.1 Å². The zero-order valence-corrected chi connectivity index (χ0v) is 19.8. The molecule has 0 bridgehead atoms. The zero-order chi connectivity index (χ0) is 22.2. The molecule has 2 aromatic carbocycles. The van der Waals surface area contributed by atoms with Gasteiger partial charge in [0, 0.05) is 42.6 Å². The Hall–Kier alpha value is -2.19. The number of hydrogen-bond donors (Lipinski definition) is 0. The third-order valence-corrected chi connectivity index (χ3v) is 8.50. The molecule has 0 N–H and O–H groups in total. The zero-order valence-electron chi connectivity index (χ0n) is 17.4. The van der Waals surface area contributed by atoms with E-state index in [0.717, 1.165) is 30.4 Å². The highest BCUT2D eigenvalue weighted by molar-refractivity contribution is 9.10. The molecule has 1 aliphatic heterocycles. The largest absolute Gasteiger partial charge is 0.341 e. The number of carbonyl (C=O) groups excluding carboxylic acids is 2. The molecular weight excluding hydrogens is 480 g/mol. The van der Waals surface area contributed by atoms with Crippen molar-refractivity contribution < 1.29 is 18.0 Å². The first-order valence-electron chi connectivity index (χ1n) is 10.4. The maximum absolute atomic E-state index is 13.1. The van der Waals surface area contributed by atoms with E-state index in [4.69, 9.17) is 0 Å². The molecule has 1 saturated carbocycles. The van der Waals surface area contributed by atoms with E-state index < -0.39 is 9.84 Å². The lowest BCUT2D eigenvalue weighted by Crippen LogP contribution is -2.30. The molecule has 2 amide bonds. The van der Waals surface area contributed by atoms with Gasteiger partial charge in [-0.25, -0.2) is 8.42 Å². The Labute approximate surface area is 191 Å². The maximum Gasteiger partial charge on any atom is 0.230 e. The van der Waals surface area contributed by atoms with E-state index in [2.05, 4.69) is 15.9 Å². The van der Waals surface area contributed by atoms with Crippen molar-refractivity contribution in [3.63, 3.8) is 0 Å². The molecule has 6 nitrogen and oxygen atoms in total. The molecule has 0 atom stereocenters. The summed E-state index contributed by atoms with van der Waals surface area (Å²) in [6.45, 7) is 1.02. The van der Waals surface area contributed by atoms with Crippen LogP contribution in [-0.4, -0.2) is 44.5 Å². The number of anilines is 1. The Kier molecular flexibility index (Phi) is 6.21. The Morgan fingerprint density at radius 2 is 1.87 bits per heavy atom. The number of hydrogen-bond acceptors (Lipinski definition) is 4. The van der Waals surface area contributed by atoms with Gasteiger partial charge in [-0.05, 0) is 58.5 Å². The molecule has 2 aromatic rings. The summed E-state index contributed by atoms with van der Waals surface area (Å²) in [4.78, 5) is 28.5. The van der Waals surface area contributed by atoms with E-state index in [9.17, 15) is 18.0 Å². The fraction of sp³-hybridized carbons (Fsp3) is 0.391. The molecule has 1 heterocycles. The van der Waals surface area contributed by atoms with Gasteiger partial charge in [0.05, 0.1) is 10.6 Å². The van der Waals surface area contributed by atoms with Crippen LogP contribution in [0.5, 0.6) is 0 Å². The summed E-state index contributed by atoms with van der Waals surface area (Å²) in [5, 5.41) is 0. The smallest absolute Gasteiger partial charge is 0.230 e. The number of benzene rings is 2. The van der Waals surface area contributed by atoms with Crippen LogP contribution >= 0.6 is 15.9 Å². The highest BCUT2D eigenvalue weighted by Gasteiger charge is 2.37. The van der Waals surface area contributed by atoms with Crippen molar-refractivity contribution in [3.05, 3.63) is 58.1 Å². The van der Waals surface area contributed by atoms with Crippen LogP contribution in [0, 0.1) is 5.92 Å². The van der Waals surface area contributed by atoms with Crippen molar-refractivity contribution in [2.24, 2.45) is 5.92 Å². The highest BCUT2D eigenvalue weighted by atomic mass is 79.9. The van der Waals surface area contributed by atoms with E-state index in [1.807, 2.05) is 30.3 Å². The lowest BCUT2D eigenvalue weighted by Gasteiger charge is -2.19. The average Bonchev–Trinajstić information content (AvgIpc) is 3.52. The third-order valence-electron chi connectivity index (χ3n) is 5.83. The first kappa shape index (κ1) is 22.0. The van der Waals surface area contributed by atoms with Gasteiger partial charge in [0.25, 0.3) is 0 Å². The predicted octanol–water partition coefficient (Wildman–Crippen LogP) is 3.57. The summed E-state index contributed by atoms with van der Waals surface area (Å²) in [5.74, 6) is -0.344. The van der Waals surface area contributed by atoms with E-state index in [1.54, 1.807) is 29.0 Å². The molecule has 0 spiro atoms. The van der Waals surface area contributed by atoms with Gasteiger partial charge in [-0.3, -0.25) is 9.59 Å². The van der Waals surface area contributed by atoms with Crippen LogP contribution in [0.1, 0.15) is 30.4 Å². The summed E-state index contributed by atoms with van der Waals surface area (Å²) in [6.07, 6.45) is 2.44. The summed E-state index contributed by atoms with van der Waals surface area (Å²) in [7, 11) is -2.02. The van der Waals surface area contributed by atoms with Gasteiger partial charge in [0.1, 0.15) is 0 Å². The second-order valence-electron chi connectivity index (χ2n) is 8.23. The Morgan fingerprint density at radius 1 is 1.16 bits per heavy atom. The second kappa shape index (κ2) is 8.74. The van der Waals surface area contributed by atoms with Crippen molar-refractivity contribution in [3.8, 4) is 0 Å². The number of amides is 2. The molecule has 31 heavy (non-hydrogen) atoms. The lowest BCUT2D eigenvalue weighted by atomic mass is 10.2. The van der Waals surface area contributed by atoms with E-state index in [1.165, 1.54) is 0 Å². The van der Waals surface area contributed by atoms with Crippen LogP contribution in [0.2, 0.25) is 0 Å². The molecule has 8 heteroatoms. The van der Waals surface area contributed by atoms with Gasteiger partial charge in [-0.15, -0.1) is 0 Å².